The first-order chi connectivity index (χ1) is 13.9. The summed E-state index contributed by atoms with van der Waals surface area (Å²) in [6.07, 6.45) is 2.25. The van der Waals surface area contributed by atoms with Crippen LogP contribution in [0.4, 0.5) is 0 Å². The molecular formula is C19H22N4O5S. The smallest absolute Gasteiger partial charge is 0.246 e. The van der Waals surface area contributed by atoms with Crippen LogP contribution >= 0.6 is 12.2 Å². The number of methoxy groups -OCH3 is 1. The van der Waals surface area contributed by atoms with Gasteiger partial charge in [0.15, 0.2) is 22.5 Å². The molecule has 0 aromatic heterocycles. The van der Waals surface area contributed by atoms with Gasteiger partial charge in [-0.05, 0) is 37.3 Å². The van der Waals surface area contributed by atoms with Gasteiger partial charge in [-0.15, -0.1) is 0 Å². The van der Waals surface area contributed by atoms with Crippen LogP contribution in [0.3, 0.4) is 0 Å². The fourth-order valence-electron chi connectivity index (χ4n) is 3.84. The third kappa shape index (κ3) is 3.32. The minimum Gasteiger partial charge on any atom is -0.492 e. The van der Waals surface area contributed by atoms with Gasteiger partial charge in [-0.2, -0.15) is 0 Å². The molecule has 1 unspecified atom stereocenters. The Labute approximate surface area is 173 Å². The quantitative estimate of drug-likeness (QED) is 0.433. The van der Waals surface area contributed by atoms with Crippen molar-refractivity contribution in [3.05, 3.63) is 17.2 Å². The molecule has 10 heteroatoms. The van der Waals surface area contributed by atoms with E-state index < -0.39 is 11.8 Å². The number of carbonyl (C=O) groups excluding carboxylic acids is 2. The molecule has 4 rings (SSSR count). The van der Waals surface area contributed by atoms with E-state index in [1.54, 1.807) is 7.11 Å². The van der Waals surface area contributed by atoms with Crippen LogP contribution in [0.1, 0.15) is 17.2 Å². The van der Waals surface area contributed by atoms with Crippen molar-refractivity contribution in [2.24, 2.45) is 10.9 Å². The zero-order valence-electron chi connectivity index (χ0n) is 16.4. The summed E-state index contributed by atoms with van der Waals surface area (Å²) in [6.45, 7) is 1.38. The van der Waals surface area contributed by atoms with Crippen LogP contribution in [0.2, 0.25) is 0 Å². The lowest BCUT2D eigenvalue weighted by molar-refractivity contribution is -0.137. The van der Waals surface area contributed by atoms with Gasteiger partial charge in [0.2, 0.25) is 24.4 Å². The van der Waals surface area contributed by atoms with Gasteiger partial charge >= 0.3 is 0 Å². The number of hydrogen-bond acceptors (Lipinski definition) is 8. The lowest BCUT2D eigenvalue weighted by Crippen LogP contribution is -2.56. The molecule has 0 saturated carbocycles. The van der Waals surface area contributed by atoms with E-state index in [0.29, 0.717) is 23.8 Å². The summed E-state index contributed by atoms with van der Waals surface area (Å²) in [5.74, 6) is 0.112. The number of carbonyl (C=O) groups is 2. The first kappa shape index (κ1) is 19.6. The van der Waals surface area contributed by atoms with Crippen molar-refractivity contribution in [1.82, 2.24) is 15.1 Å². The largest absolute Gasteiger partial charge is 0.492 e. The summed E-state index contributed by atoms with van der Waals surface area (Å²) in [4.78, 5) is 32.4. The number of fused-ring (bicyclic) bond motifs is 2. The molecule has 1 fully saturated rings. The fraction of sp³-hybridized carbons (Fsp3) is 0.474. The van der Waals surface area contributed by atoms with E-state index in [1.807, 2.05) is 13.1 Å². The Morgan fingerprint density at radius 3 is 2.93 bits per heavy atom. The molecule has 1 aromatic carbocycles. The second kappa shape index (κ2) is 7.60. The van der Waals surface area contributed by atoms with Crippen molar-refractivity contribution in [3.63, 3.8) is 0 Å². The predicted molar refractivity (Wildman–Crippen MR) is 109 cm³/mol. The standard InChI is InChI=1S/C19H22N4O5S/c1-22-5-4-10-6-13-15(28-9-27-13)16(26-3)14(10)12(22)8-20-7-11-17(24)21-19(29)23(2)18(11)25/h6-7,11-12H,4-5,8-9H2,1-3H3,(H,21,24,29)/t11?,12-/m0/s1. The number of amides is 2. The summed E-state index contributed by atoms with van der Waals surface area (Å²) >= 11 is 4.96. The number of aliphatic imine (C=N–C) groups is 1. The van der Waals surface area contributed by atoms with Crippen molar-refractivity contribution >= 4 is 35.4 Å². The van der Waals surface area contributed by atoms with E-state index in [2.05, 4.69) is 15.2 Å². The Hall–Kier alpha value is -2.72. The highest BCUT2D eigenvalue weighted by molar-refractivity contribution is 7.80. The van der Waals surface area contributed by atoms with E-state index in [0.717, 1.165) is 24.1 Å². The maximum atomic E-state index is 12.3. The molecule has 1 aromatic rings. The van der Waals surface area contributed by atoms with Crippen LogP contribution in [-0.4, -0.2) is 74.0 Å². The molecule has 0 aliphatic carbocycles. The van der Waals surface area contributed by atoms with Crippen LogP contribution in [0.15, 0.2) is 11.1 Å². The van der Waals surface area contributed by atoms with E-state index in [9.17, 15) is 9.59 Å². The van der Waals surface area contributed by atoms with Crippen molar-refractivity contribution in [1.29, 1.82) is 0 Å². The van der Waals surface area contributed by atoms with Crippen molar-refractivity contribution in [2.75, 3.05) is 41.1 Å². The second-order valence-electron chi connectivity index (χ2n) is 7.15. The lowest BCUT2D eigenvalue weighted by atomic mass is 9.91. The molecule has 0 radical (unpaired) electrons. The molecule has 2 atom stereocenters. The maximum absolute atomic E-state index is 12.3. The Kier molecular flexibility index (Phi) is 5.13. The molecule has 2 amide bonds. The molecule has 1 saturated heterocycles. The van der Waals surface area contributed by atoms with E-state index >= 15 is 0 Å². The molecule has 3 heterocycles. The highest BCUT2D eigenvalue weighted by Crippen LogP contribution is 2.49. The Morgan fingerprint density at radius 1 is 1.38 bits per heavy atom. The first-order valence-corrected chi connectivity index (χ1v) is 9.65. The summed E-state index contributed by atoms with van der Waals surface area (Å²) in [6, 6.07) is 1.91. The van der Waals surface area contributed by atoms with Crippen LogP contribution in [-0.2, 0) is 16.0 Å². The van der Waals surface area contributed by atoms with Crippen LogP contribution in [0.25, 0.3) is 0 Å². The van der Waals surface area contributed by atoms with Gasteiger partial charge in [0.25, 0.3) is 0 Å². The zero-order chi connectivity index (χ0) is 20.7. The fourth-order valence-corrected chi connectivity index (χ4v) is 4.03. The normalized spacial score (nSPS) is 24.1. The molecular weight excluding hydrogens is 396 g/mol. The topological polar surface area (TPSA) is 92.7 Å². The average molecular weight is 418 g/mol. The first-order valence-electron chi connectivity index (χ1n) is 9.24. The van der Waals surface area contributed by atoms with Crippen LogP contribution in [0, 0.1) is 5.92 Å². The monoisotopic (exact) mass is 418 g/mol. The Morgan fingerprint density at radius 2 is 2.17 bits per heavy atom. The van der Waals surface area contributed by atoms with Crippen LogP contribution < -0.4 is 19.5 Å². The van der Waals surface area contributed by atoms with E-state index in [-0.39, 0.29) is 23.9 Å². The number of benzene rings is 1. The third-order valence-electron chi connectivity index (χ3n) is 5.49. The number of ether oxygens (including phenoxy) is 3. The van der Waals surface area contributed by atoms with Gasteiger partial charge in [0, 0.05) is 25.4 Å². The number of hydrogen-bond donors (Lipinski definition) is 1. The minimum atomic E-state index is -0.987. The van der Waals surface area contributed by atoms with Crippen molar-refractivity contribution in [3.8, 4) is 17.2 Å². The lowest BCUT2D eigenvalue weighted by Gasteiger charge is -2.35. The second-order valence-corrected chi connectivity index (χ2v) is 7.53. The van der Waals surface area contributed by atoms with Gasteiger partial charge in [-0.25, -0.2) is 0 Å². The van der Waals surface area contributed by atoms with E-state index in [1.165, 1.54) is 18.2 Å². The number of likely N-dealkylation sites (N-methyl/N-ethyl adjacent to an activating group) is 1. The van der Waals surface area contributed by atoms with Crippen LogP contribution in [0.5, 0.6) is 17.2 Å². The molecule has 3 aliphatic heterocycles. The number of nitrogens with zero attached hydrogens (tertiary/aromatic N) is 3. The SMILES string of the molecule is COc1c2c(cc3c1[C@H](CN=CC1C(=O)NC(=S)N(C)C1=O)N(C)CC3)OCO2. The maximum Gasteiger partial charge on any atom is 0.246 e. The summed E-state index contributed by atoms with van der Waals surface area (Å²) in [7, 11) is 5.15. The molecule has 29 heavy (non-hydrogen) atoms. The summed E-state index contributed by atoms with van der Waals surface area (Å²) in [5.41, 5.74) is 2.13. The molecule has 9 nitrogen and oxygen atoms in total. The van der Waals surface area contributed by atoms with Gasteiger partial charge in [0.05, 0.1) is 19.7 Å². The summed E-state index contributed by atoms with van der Waals surface area (Å²) < 4.78 is 16.8. The van der Waals surface area contributed by atoms with Crippen molar-refractivity contribution < 1.29 is 23.8 Å². The minimum absolute atomic E-state index is 0.0833. The van der Waals surface area contributed by atoms with Gasteiger partial charge in [0.1, 0.15) is 0 Å². The van der Waals surface area contributed by atoms with Gasteiger partial charge in [-0.3, -0.25) is 24.4 Å². The van der Waals surface area contributed by atoms with Gasteiger partial charge in [-0.1, -0.05) is 0 Å². The molecule has 1 N–H and O–H groups in total. The predicted octanol–water partition coefficient (Wildman–Crippen LogP) is 0.513. The molecule has 0 spiro atoms. The molecule has 0 bridgehead atoms. The zero-order valence-corrected chi connectivity index (χ0v) is 17.2. The number of rotatable bonds is 4. The highest BCUT2D eigenvalue weighted by Gasteiger charge is 2.36. The van der Waals surface area contributed by atoms with E-state index in [4.69, 9.17) is 26.4 Å². The molecule has 3 aliphatic rings. The van der Waals surface area contributed by atoms with Crippen molar-refractivity contribution in [2.45, 2.75) is 12.5 Å². The molecule has 154 valence electrons. The average Bonchev–Trinajstić information content (AvgIpc) is 3.17. The summed E-state index contributed by atoms with van der Waals surface area (Å²) in [5, 5.41) is 2.62. The highest BCUT2D eigenvalue weighted by atomic mass is 32.1. The third-order valence-corrected chi connectivity index (χ3v) is 5.87. The number of thiocarbonyl (C=S) groups is 1. The number of nitrogens with one attached hydrogen (secondary N) is 1. The Balaban J connectivity index is 1.60. The Bertz CT molecular complexity index is 918. The van der Waals surface area contributed by atoms with Gasteiger partial charge < -0.3 is 19.5 Å².